The van der Waals surface area contributed by atoms with Crippen molar-refractivity contribution in [2.75, 3.05) is 6.54 Å². The van der Waals surface area contributed by atoms with Gasteiger partial charge < -0.3 is 10.4 Å². The molecule has 3 atom stereocenters. The maximum Gasteiger partial charge on any atom is 0.307 e. The number of aryl methyl sites for hydroxylation is 1. The van der Waals surface area contributed by atoms with E-state index in [1.807, 2.05) is 0 Å². The molecule has 0 saturated heterocycles. The molecule has 4 heteroatoms. The monoisotopic (exact) mass is 301 g/mol. The SMILES string of the molecule is CC1(CNC(=O)C2CCC2C(=O)O)CCCc2ccccc21. The lowest BCUT2D eigenvalue weighted by molar-refractivity contribution is -0.152. The smallest absolute Gasteiger partial charge is 0.307 e. The highest BCUT2D eigenvalue weighted by Crippen LogP contribution is 2.38. The van der Waals surface area contributed by atoms with Crippen LogP contribution in [-0.2, 0) is 21.4 Å². The summed E-state index contributed by atoms with van der Waals surface area (Å²) in [5, 5.41) is 12.1. The molecule has 2 N–H and O–H groups in total. The molecule has 3 unspecified atom stereocenters. The standard InChI is InChI=1S/C18H23NO3/c1-18(10-4-6-12-5-2-3-7-15(12)18)11-19-16(20)13-8-9-14(13)17(21)22/h2-3,5,7,13-14H,4,6,8-11H2,1H3,(H,19,20)(H,21,22). The van der Waals surface area contributed by atoms with Crippen LogP contribution in [0.5, 0.6) is 0 Å². The number of carboxylic acid groups (broad SMARTS) is 1. The van der Waals surface area contributed by atoms with Crippen molar-refractivity contribution < 1.29 is 14.7 Å². The van der Waals surface area contributed by atoms with Crippen LogP contribution in [0.1, 0.15) is 43.7 Å². The minimum absolute atomic E-state index is 0.0486. The zero-order chi connectivity index (χ0) is 15.7. The number of carbonyl (C=O) groups is 2. The van der Waals surface area contributed by atoms with Crippen molar-refractivity contribution >= 4 is 11.9 Å². The fraction of sp³-hybridized carbons (Fsp3) is 0.556. The van der Waals surface area contributed by atoms with Gasteiger partial charge in [0.25, 0.3) is 0 Å². The molecule has 3 rings (SSSR count). The van der Waals surface area contributed by atoms with Gasteiger partial charge >= 0.3 is 5.97 Å². The Bertz CT molecular complexity index is 598. The maximum absolute atomic E-state index is 12.3. The zero-order valence-electron chi connectivity index (χ0n) is 13.0. The van der Waals surface area contributed by atoms with E-state index >= 15 is 0 Å². The van der Waals surface area contributed by atoms with Crippen molar-refractivity contribution in [1.29, 1.82) is 0 Å². The lowest BCUT2D eigenvalue weighted by Crippen LogP contribution is -2.48. The Morgan fingerprint density at radius 1 is 1.27 bits per heavy atom. The summed E-state index contributed by atoms with van der Waals surface area (Å²) >= 11 is 0. The van der Waals surface area contributed by atoms with Gasteiger partial charge in [0.05, 0.1) is 11.8 Å². The molecule has 1 aromatic rings. The number of hydrogen-bond acceptors (Lipinski definition) is 2. The summed E-state index contributed by atoms with van der Waals surface area (Å²) in [5.41, 5.74) is 2.65. The minimum Gasteiger partial charge on any atom is -0.481 e. The summed E-state index contributed by atoms with van der Waals surface area (Å²) in [4.78, 5) is 23.3. The summed E-state index contributed by atoms with van der Waals surface area (Å²) in [5.74, 6) is -1.78. The van der Waals surface area contributed by atoms with Crippen molar-refractivity contribution in [3.05, 3.63) is 35.4 Å². The first-order valence-corrected chi connectivity index (χ1v) is 8.10. The van der Waals surface area contributed by atoms with Gasteiger partial charge in [0.2, 0.25) is 5.91 Å². The number of amides is 1. The fourth-order valence-corrected chi connectivity index (χ4v) is 3.84. The number of aliphatic carboxylic acids is 1. The summed E-state index contributed by atoms with van der Waals surface area (Å²) < 4.78 is 0. The van der Waals surface area contributed by atoms with Crippen molar-refractivity contribution in [1.82, 2.24) is 5.32 Å². The first kappa shape index (κ1) is 15.1. The largest absolute Gasteiger partial charge is 0.481 e. The Balaban J connectivity index is 1.67. The zero-order valence-corrected chi connectivity index (χ0v) is 13.0. The number of benzene rings is 1. The van der Waals surface area contributed by atoms with Crippen molar-refractivity contribution in [3.63, 3.8) is 0 Å². The second kappa shape index (κ2) is 5.75. The van der Waals surface area contributed by atoms with Crippen LogP contribution in [0.2, 0.25) is 0 Å². The van der Waals surface area contributed by atoms with Crippen LogP contribution in [0, 0.1) is 11.8 Å². The van der Waals surface area contributed by atoms with Gasteiger partial charge in [0.15, 0.2) is 0 Å². The second-order valence-corrected chi connectivity index (χ2v) is 6.92. The van der Waals surface area contributed by atoms with E-state index in [9.17, 15) is 9.59 Å². The van der Waals surface area contributed by atoms with Crippen LogP contribution in [0.15, 0.2) is 24.3 Å². The van der Waals surface area contributed by atoms with Crippen molar-refractivity contribution in [3.8, 4) is 0 Å². The molecule has 4 nitrogen and oxygen atoms in total. The quantitative estimate of drug-likeness (QED) is 0.898. The average molecular weight is 301 g/mol. The Hall–Kier alpha value is -1.84. The predicted octanol–water partition coefficient (Wildman–Crippen LogP) is 2.51. The molecule has 2 aliphatic rings. The summed E-state index contributed by atoms with van der Waals surface area (Å²) in [6.45, 7) is 2.78. The molecule has 1 amide bonds. The lowest BCUT2D eigenvalue weighted by atomic mass is 9.70. The van der Waals surface area contributed by atoms with Gasteiger partial charge in [-0.05, 0) is 43.2 Å². The van der Waals surface area contributed by atoms with Crippen LogP contribution in [0.3, 0.4) is 0 Å². The molecule has 0 radical (unpaired) electrons. The molecule has 1 saturated carbocycles. The molecule has 118 valence electrons. The number of hydrogen-bond donors (Lipinski definition) is 2. The first-order valence-electron chi connectivity index (χ1n) is 8.10. The molecule has 2 aliphatic carbocycles. The fourth-order valence-electron chi connectivity index (χ4n) is 3.84. The Morgan fingerprint density at radius 3 is 2.68 bits per heavy atom. The van der Waals surface area contributed by atoms with Crippen LogP contribution < -0.4 is 5.32 Å². The van der Waals surface area contributed by atoms with Gasteiger partial charge in [-0.15, -0.1) is 0 Å². The van der Waals surface area contributed by atoms with E-state index in [2.05, 4.69) is 36.5 Å². The predicted molar refractivity (Wildman–Crippen MR) is 83.6 cm³/mol. The third-order valence-corrected chi connectivity index (χ3v) is 5.42. The first-order chi connectivity index (χ1) is 10.5. The topological polar surface area (TPSA) is 66.4 Å². The van der Waals surface area contributed by atoms with Crippen LogP contribution in [-0.4, -0.2) is 23.5 Å². The second-order valence-electron chi connectivity index (χ2n) is 6.92. The van der Waals surface area contributed by atoms with Gasteiger partial charge in [-0.2, -0.15) is 0 Å². The van der Waals surface area contributed by atoms with E-state index in [1.54, 1.807) is 0 Å². The molecule has 0 heterocycles. The van der Waals surface area contributed by atoms with Gasteiger partial charge in [-0.1, -0.05) is 31.2 Å². The van der Waals surface area contributed by atoms with Gasteiger partial charge in [-0.3, -0.25) is 9.59 Å². The minimum atomic E-state index is -0.847. The number of nitrogens with one attached hydrogen (secondary N) is 1. The molecule has 0 bridgehead atoms. The van der Waals surface area contributed by atoms with E-state index in [0.29, 0.717) is 19.4 Å². The number of carboxylic acids is 1. The van der Waals surface area contributed by atoms with E-state index in [4.69, 9.17) is 5.11 Å². The highest BCUT2D eigenvalue weighted by Gasteiger charge is 2.42. The van der Waals surface area contributed by atoms with Crippen LogP contribution in [0.25, 0.3) is 0 Å². The van der Waals surface area contributed by atoms with E-state index in [1.165, 1.54) is 11.1 Å². The Kier molecular flexibility index (Phi) is 3.94. The highest BCUT2D eigenvalue weighted by atomic mass is 16.4. The Labute approximate surface area is 130 Å². The lowest BCUT2D eigenvalue weighted by Gasteiger charge is -2.38. The van der Waals surface area contributed by atoms with Crippen molar-refractivity contribution in [2.45, 2.75) is 44.4 Å². The number of rotatable bonds is 4. The molecule has 0 aromatic heterocycles. The van der Waals surface area contributed by atoms with Crippen LogP contribution >= 0.6 is 0 Å². The van der Waals surface area contributed by atoms with Gasteiger partial charge in [0.1, 0.15) is 0 Å². The van der Waals surface area contributed by atoms with Crippen LogP contribution in [0.4, 0.5) is 0 Å². The molecule has 0 aliphatic heterocycles. The van der Waals surface area contributed by atoms with Gasteiger partial charge in [0, 0.05) is 12.0 Å². The summed E-state index contributed by atoms with van der Waals surface area (Å²) in [6.07, 6.45) is 4.59. The van der Waals surface area contributed by atoms with E-state index in [-0.39, 0.29) is 17.2 Å². The maximum atomic E-state index is 12.3. The summed E-state index contributed by atoms with van der Waals surface area (Å²) in [6, 6.07) is 8.44. The molecule has 1 aromatic carbocycles. The molecule has 22 heavy (non-hydrogen) atoms. The van der Waals surface area contributed by atoms with E-state index in [0.717, 1.165) is 19.3 Å². The molecular formula is C18H23NO3. The van der Waals surface area contributed by atoms with Crippen molar-refractivity contribution in [2.24, 2.45) is 11.8 Å². The molecule has 1 fully saturated rings. The summed E-state index contributed by atoms with van der Waals surface area (Å²) in [7, 11) is 0. The molecule has 0 spiro atoms. The number of carbonyl (C=O) groups excluding carboxylic acids is 1. The number of fused-ring (bicyclic) bond motifs is 1. The third kappa shape index (κ3) is 2.62. The normalized spacial score (nSPS) is 30.0. The Morgan fingerprint density at radius 2 is 2.00 bits per heavy atom. The third-order valence-electron chi connectivity index (χ3n) is 5.42. The average Bonchev–Trinajstić information content (AvgIpc) is 2.44. The highest BCUT2D eigenvalue weighted by molar-refractivity contribution is 5.86. The van der Waals surface area contributed by atoms with E-state index < -0.39 is 11.9 Å². The van der Waals surface area contributed by atoms with Gasteiger partial charge in [-0.25, -0.2) is 0 Å². The molecular weight excluding hydrogens is 278 g/mol.